The zero-order valence-corrected chi connectivity index (χ0v) is 15.5. The molecule has 2 fully saturated rings. The summed E-state index contributed by atoms with van der Waals surface area (Å²) in [5.41, 5.74) is 0.270. The molecule has 0 N–H and O–H groups in total. The van der Waals surface area contributed by atoms with E-state index < -0.39 is 12.0 Å². The third kappa shape index (κ3) is 3.70. The number of benzene rings is 1. The molecule has 3 heterocycles. The molecule has 2 aliphatic rings. The fraction of sp³-hybridized carbons (Fsp3) is 0.526. The van der Waals surface area contributed by atoms with Crippen LogP contribution in [-0.2, 0) is 6.18 Å². The molecule has 0 atom stereocenters. The number of rotatable bonds is 1. The molecule has 4 rings (SSSR count). The number of amides is 2. The molecular formula is C19H22F3N5O. The number of carbonyl (C=O) groups is 1. The number of carbonyl (C=O) groups excluding carboxylic acids is 1. The first-order valence-corrected chi connectivity index (χ1v) is 9.56. The normalized spacial score (nSPS) is 18.6. The molecule has 0 bridgehead atoms. The monoisotopic (exact) mass is 393 g/mol. The van der Waals surface area contributed by atoms with Gasteiger partial charge in [-0.1, -0.05) is 12.1 Å². The van der Waals surface area contributed by atoms with Crippen molar-refractivity contribution in [1.29, 1.82) is 0 Å². The van der Waals surface area contributed by atoms with E-state index >= 15 is 0 Å². The zero-order chi connectivity index (χ0) is 19.7. The standard InChI is InChI=1S/C19H22F3N5O/c20-19(21,22)17-23-15-7-3-2-6-14(15)16(24-17)25-10-12-27(13-11-25)18(28)26-8-4-1-5-9-26/h2-3,6-7H,1,4-5,8-13H2. The van der Waals surface area contributed by atoms with Gasteiger partial charge in [0.1, 0.15) is 5.82 Å². The lowest BCUT2D eigenvalue weighted by molar-refractivity contribution is -0.144. The molecule has 2 amide bonds. The van der Waals surface area contributed by atoms with E-state index in [-0.39, 0.29) is 17.4 Å². The number of halogens is 3. The largest absolute Gasteiger partial charge is 0.451 e. The maximum absolute atomic E-state index is 13.2. The van der Waals surface area contributed by atoms with E-state index in [4.69, 9.17) is 0 Å². The molecule has 0 radical (unpaired) electrons. The number of para-hydroxylation sites is 1. The van der Waals surface area contributed by atoms with Crippen molar-refractivity contribution in [3.8, 4) is 0 Å². The molecule has 1 aromatic heterocycles. The second-order valence-electron chi connectivity index (χ2n) is 7.19. The van der Waals surface area contributed by atoms with E-state index in [0.717, 1.165) is 32.4 Å². The maximum Gasteiger partial charge on any atom is 0.451 e. The van der Waals surface area contributed by atoms with Crippen molar-refractivity contribution in [2.45, 2.75) is 25.4 Å². The Kier molecular flexibility index (Phi) is 4.99. The van der Waals surface area contributed by atoms with Gasteiger partial charge in [0.25, 0.3) is 0 Å². The van der Waals surface area contributed by atoms with Crippen LogP contribution in [-0.4, -0.2) is 65.1 Å². The van der Waals surface area contributed by atoms with Crippen molar-refractivity contribution in [2.24, 2.45) is 0 Å². The Morgan fingerprint density at radius 3 is 2.18 bits per heavy atom. The number of urea groups is 1. The maximum atomic E-state index is 13.2. The van der Waals surface area contributed by atoms with Crippen LogP contribution in [0.4, 0.5) is 23.8 Å². The van der Waals surface area contributed by atoms with Crippen molar-refractivity contribution in [2.75, 3.05) is 44.2 Å². The molecule has 0 saturated carbocycles. The van der Waals surface area contributed by atoms with Gasteiger partial charge in [-0.15, -0.1) is 0 Å². The molecule has 2 saturated heterocycles. The molecule has 28 heavy (non-hydrogen) atoms. The predicted molar refractivity (Wildman–Crippen MR) is 99.1 cm³/mol. The van der Waals surface area contributed by atoms with E-state index in [2.05, 4.69) is 9.97 Å². The summed E-state index contributed by atoms with van der Waals surface area (Å²) in [6.07, 6.45) is -1.40. The number of anilines is 1. The van der Waals surface area contributed by atoms with E-state index in [1.54, 1.807) is 29.2 Å². The van der Waals surface area contributed by atoms with Crippen molar-refractivity contribution >= 4 is 22.8 Å². The Balaban J connectivity index is 1.54. The zero-order valence-electron chi connectivity index (χ0n) is 15.5. The average Bonchev–Trinajstić information content (AvgIpc) is 2.72. The molecule has 6 nitrogen and oxygen atoms in total. The van der Waals surface area contributed by atoms with Gasteiger partial charge in [0.05, 0.1) is 5.52 Å². The summed E-state index contributed by atoms with van der Waals surface area (Å²) in [6.45, 7) is 3.38. The Hall–Kier alpha value is -2.58. The van der Waals surface area contributed by atoms with Crippen LogP contribution >= 0.6 is 0 Å². The number of aromatic nitrogens is 2. The minimum absolute atomic E-state index is 0.0304. The topological polar surface area (TPSA) is 52.6 Å². The number of nitrogens with zero attached hydrogens (tertiary/aromatic N) is 5. The van der Waals surface area contributed by atoms with Gasteiger partial charge in [-0.05, 0) is 31.4 Å². The minimum atomic E-state index is -4.61. The first kappa shape index (κ1) is 18.8. The van der Waals surface area contributed by atoms with Crippen LogP contribution in [0.3, 0.4) is 0 Å². The Morgan fingerprint density at radius 2 is 1.50 bits per heavy atom. The fourth-order valence-electron chi connectivity index (χ4n) is 3.82. The highest BCUT2D eigenvalue weighted by Crippen LogP contribution is 2.32. The highest BCUT2D eigenvalue weighted by atomic mass is 19.4. The number of likely N-dealkylation sites (tertiary alicyclic amines) is 1. The van der Waals surface area contributed by atoms with Crippen LogP contribution < -0.4 is 4.90 Å². The Bertz CT molecular complexity index is 858. The molecule has 2 aromatic rings. The number of alkyl halides is 3. The van der Waals surface area contributed by atoms with Gasteiger partial charge in [0.2, 0.25) is 5.82 Å². The lowest BCUT2D eigenvalue weighted by atomic mass is 10.1. The quantitative estimate of drug-likeness (QED) is 0.746. The van der Waals surface area contributed by atoms with Crippen molar-refractivity contribution < 1.29 is 18.0 Å². The van der Waals surface area contributed by atoms with Crippen LogP contribution in [0.2, 0.25) is 0 Å². The van der Waals surface area contributed by atoms with Gasteiger partial charge >= 0.3 is 12.2 Å². The molecule has 2 aliphatic heterocycles. The van der Waals surface area contributed by atoms with Gasteiger partial charge in [-0.3, -0.25) is 0 Å². The third-order valence-electron chi connectivity index (χ3n) is 5.31. The van der Waals surface area contributed by atoms with Crippen LogP contribution in [0.1, 0.15) is 25.1 Å². The summed E-state index contributed by atoms with van der Waals surface area (Å²) in [5, 5.41) is 0.589. The lowest BCUT2D eigenvalue weighted by Gasteiger charge is -2.39. The first-order chi connectivity index (χ1) is 13.4. The van der Waals surface area contributed by atoms with Gasteiger partial charge in [0.15, 0.2) is 0 Å². The summed E-state index contributed by atoms with van der Waals surface area (Å²) in [5.74, 6) is -0.851. The number of hydrogen-bond acceptors (Lipinski definition) is 4. The highest BCUT2D eigenvalue weighted by molar-refractivity contribution is 5.89. The third-order valence-corrected chi connectivity index (χ3v) is 5.31. The van der Waals surface area contributed by atoms with E-state index in [1.807, 2.05) is 9.80 Å². The Labute approximate surface area is 160 Å². The van der Waals surface area contributed by atoms with Crippen molar-refractivity contribution in [3.63, 3.8) is 0 Å². The lowest BCUT2D eigenvalue weighted by Crippen LogP contribution is -2.54. The van der Waals surface area contributed by atoms with Gasteiger partial charge < -0.3 is 14.7 Å². The summed E-state index contributed by atoms with van der Waals surface area (Å²) >= 11 is 0. The van der Waals surface area contributed by atoms with E-state index in [9.17, 15) is 18.0 Å². The molecule has 0 unspecified atom stereocenters. The average molecular weight is 393 g/mol. The van der Waals surface area contributed by atoms with Crippen LogP contribution in [0, 0.1) is 0 Å². The molecular weight excluding hydrogens is 371 g/mol. The molecule has 150 valence electrons. The Morgan fingerprint density at radius 1 is 0.857 bits per heavy atom. The summed E-state index contributed by atoms with van der Waals surface area (Å²) in [4.78, 5) is 25.6. The molecule has 0 spiro atoms. The van der Waals surface area contributed by atoms with Crippen LogP contribution in [0.25, 0.3) is 10.9 Å². The van der Waals surface area contributed by atoms with Crippen molar-refractivity contribution in [3.05, 3.63) is 30.1 Å². The summed E-state index contributed by atoms with van der Waals surface area (Å²) in [7, 11) is 0. The van der Waals surface area contributed by atoms with Gasteiger partial charge in [-0.25, -0.2) is 14.8 Å². The highest BCUT2D eigenvalue weighted by Gasteiger charge is 2.36. The summed E-state index contributed by atoms with van der Waals surface area (Å²) < 4.78 is 39.7. The second-order valence-corrected chi connectivity index (χ2v) is 7.19. The van der Waals surface area contributed by atoms with E-state index in [1.165, 1.54) is 0 Å². The molecule has 9 heteroatoms. The number of hydrogen-bond donors (Lipinski definition) is 0. The number of piperazine rings is 1. The second kappa shape index (κ2) is 7.44. The van der Waals surface area contributed by atoms with Gasteiger partial charge in [-0.2, -0.15) is 13.2 Å². The summed E-state index contributed by atoms with van der Waals surface area (Å²) in [6, 6.07) is 6.75. The predicted octanol–water partition coefficient (Wildman–Crippen LogP) is 3.38. The molecule has 0 aliphatic carbocycles. The SMILES string of the molecule is O=C(N1CCCCC1)N1CCN(c2nc(C(F)(F)F)nc3ccccc23)CC1. The van der Waals surface area contributed by atoms with Gasteiger partial charge in [0, 0.05) is 44.7 Å². The minimum Gasteiger partial charge on any atom is -0.352 e. The smallest absolute Gasteiger partial charge is 0.352 e. The number of piperidine rings is 1. The first-order valence-electron chi connectivity index (χ1n) is 9.56. The van der Waals surface area contributed by atoms with Crippen LogP contribution in [0.15, 0.2) is 24.3 Å². The fourth-order valence-corrected chi connectivity index (χ4v) is 3.82. The molecule has 1 aromatic carbocycles. The van der Waals surface area contributed by atoms with Crippen LogP contribution in [0.5, 0.6) is 0 Å². The number of fused-ring (bicyclic) bond motifs is 1. The van der Waals surface area contributed by atoms with E-state index in [0.29, 0.717) is 31.6 Å². The van der Waals surface area contributed by atoms with Crippen molar-refractivity contribution in [1.82, 2.24) is 19.8 Å².